The summed E-state index contributed by atoms with van der Waals surface area (Å²) in [6.07, 6.45) is 0.0667. The van der Waals surface area contributed by atoms with Crippen LogP contribution in [0.15, 0.2) is 91.0 Å². The molecule has 0 aliphatic rings. The van der Waals surface area contributed by atoms with Gasteiger partial charge in [-0.3, -0.25) is 4.90 Å². The highest BCUT2D eigenvalue weighted by molar-refractivity contribution is 5.19. The van der Waals surface area contributed by atoms with Crippen molar-refractivity contribution in [1.82, 2.24) is 4.90 Å². The number of benzene rings is 3. The zero-order valence-corrected chi connectivity index (χ0v) is 15.6. The van der Waals surface area contributed by atoms with Crippen LogP contribution in [0.25, 0.3) is 0 Å². The van der Waals surface area contributed by atoms with Crippen LogP contribution in [0.2, 0.25) is 0 Å². The highest BCUT2D eigenvalue weighted by Gasteiger charge is 2.17. The minimum Gasteiger partial charge on any atom is -0.392 e. The van der Waals surface area contributed by atoms with Crippen molar-refractivity contribution in [2.45, 2.75) is 31.7 Å². The first-order valence-electron chi connectivity index (χ1n) is 9.49. The van der Waals surface area contributed by atoms with Gasteiger partial charge >= 0.3 is 0 Å². The van der Waals surface area contributed by atoms with Gasteiger partial charge in [-0.25, -0.2) is 0 Å². The Hall–Kier alpha value is -2.46. The number of rotatable bonds is 9. The molecule has 0 saturated heterocycles. The third kappa shape index (κ3) is 6.33. The van der Waals surface area contributed by atoms with E-state index in [9.17, 15) is 5.11 Å². The molecule has 3 N–H and O–H groups in total. The Morgan fingerprint density at radius 1 is 0.704 bits per heavy atom. The van der Waals surface area contributed by atoms with Crippen molar-refractivity contribution in [3.63, 3.8) is 0 Å². The topological polar surface area (TPSA) is 49.5 Å². The lowest BCUT2D eigenvalue weighted by atomic mass is 10.0. The van der Waals surface area contributed by atoms with E-state index in [1.54, 1.807) is 0 Å². The summed E-state index contributed by atoms with van der Waals surface area (Å²) in [5.41, 5.74) is 9.85. The van der Waals surface area contributed by atoms with Crippen molar-refractivity contribution in [3.8, 4) is 0 Å². The molecule has 0 aliphatic carbocycles. The SMILES string of the molecule is NC(C[C@@H](O)CN(Cc1ccccc1)Cc1ccccc1)c1ccccc1. The van der Waals surface area contributed by atoms with Crippen LogP contribution < -0.4 is 5.73 Å². The van der Waals surface area contributed by atoms with Crippen LogP contribution in [0.3, 0.4) is 0 Å². The van der Waals surface area contributed by atoms with Gasteiger partial charge < -0.3 is 10.8 Å². The molecule has 1 unspecified atom stereocenters. The number of hydrogen-bond donors (Lipinski definition) is 2. The van der Waals surface area contributed by atoms with Crippen LogP contribution in [0, 0.1) is 0 Å². The Labute approximate surface area is 162 Å². The minimum absolute atomic E-state index is 0.156. The third-order valence-corrected chi connectivity index (χ3v) is 4.72. The third-order valence-electron chi connectivity index (χ3n) is 4.72. The Kier molecular flexibility index (Phi) is 7.17. The molecule has 0 amide bonds. The normalized spacial score (nSPS) is 13.4. The summed E-state index contributed by atoms with van der Waals surface area (Å²) >= 11 is 0. The van der Waals surface area contributed by atoms with Gasteiger partial charge in [0.2, 0.25) is 0 Å². The fraction of sp³-hybridized carbons (Fsp3) is 0.250. The smallest absolute Gasteiger partial charge is 0.0685 e. The van der Waals surface area contributed by atoms with Crippen LogP contribution in [0.4, 0.5) is 0 Å². The lowest BCUT2D eigenvalue weighted by Crippen LogP contribution is -2.33. The van der Waals surface area contributed by atoms with Gasteiger partial charge in [0.1, 0.15) is 0 Å². The van der Waals surface area contributed by atoms with E-state index in [0.717, 1.165) is 18.7 Å². The molecule has 0 aromatic heterocycles. The first-order valence-corrected chi connectivity index (χ1v) is 9.49. The van der Waals surface area contributed by atoms with E-state index in [2.05, 4.69) is 53.4 Å². The van der Waals surface area contributed by atoms with E-state index in [1.807, 2.05) is 42.5 Å². The highest BCUT2D eigenvalue weighted by atomic mass is 16.3. The van der Waals surface area contributed by atoms with E-state index >= 15 is 0 Å². The van der Waals surface area contributed by atoms with Gasteiger partial charge in [-0.15, -0.1) is 0 Å². The average molecular weight is 361 g/mol. The number of aliphatic hydroxyl groups excluding tert-OH is 1. The molecule has 3 nitrogen and oxygen atoms in total. The molecular formula is C24H28N2O. The zero-order chi connectivity index (χ0) is 18.9. The molecule has 140 valence electrons. The van der Waals surface area contributed by atoms with Gasteiger partial charge in [0.25, 0.3) is 0 Å². The Bertz CT molecular complexity index is 736. The molecule has 3 heteroatoms. The van der Waals surface area contributed by atoms with E-state index in [-0.39, 0.29) is 6.04 Å². The number of nitrogens with zero attached hydrogens (tertiary/aromatic N) is 1. The number of nitrogens with two attached hydrogens (primary N) is 1. The van der Waals surface area contributed by atoms with Crippen LogP contribution in [-0.2, 0) is 13.1 Å². The molecule has 2 atom stereocenters. The Morgan fingerprint density at radius 2 is 1.15 bits per heavy atom. The molecule has 27 heavy (non-hydrogen) atoms. The maximum absolute atomic E-state index is 10.7. The zero-order valence-electron chi connectivity index (χ0n) is 15.6. The fourth-order valence-electron chi connectivity index (χ4n) is 3.37. The van der Waals surface area contributed by atoms with E-state index in [0.29, 0.717) is 13.0 Å². The average Bonchev–Trinajstić information content (AvgIpc) is 2.70. The molecule has 3 aromatic rings. The molecule has 0 saturated carbocycles. The van der Waals surface area contributed by atoms with Crippen LogP contribution >= 0.6 is 0 Å². The van der Waals surface area contributed by atoms with Crippen LogP contribution in [0.1, 0.15) is 29.2 Å². The maximum atomic E-state index is 10.7. The molecule has 3 rings (SSSR count). The lowest BCUT2D eigenvalue weighted by molar-refractivity contribution is 0.0921. The minimum atomic E-state index is -0.479. The molecule has 3 aromatic carbocycles. The number of aliphatic hydroxyl groups is 1. The van der Waals surface area contributed by atoms with Crippen molar-refractivity contribution in [2.75, 3.05) is 6.54 Å². The predicted octanol–water partition coefficient (Wildman–Crippen LogP) is 4.14. The van der Waals surface area contributed by atoms with Crippen LogP contribution in [0.5, 0.6) is 0 Å². The molecular weight excluding hydrogens is 332 g/mol. The van der Waals surface area contributed by atoms with E-state index < -0.39 is 6.10 Å². The second kappa shape index (κ2) is 10.0. The second-order valence-corrected chi connectivity index (χ2v) is 7.05. The molecule has 0 bridgehead atoms. The summed E-state index contributed by atoms with van der Waals surface area (Å²) in [7, 11) is 0. The first-order chi connectivity index (χ1) is 13.2. The predicted molar refractivity (Wildman–Crippen MR) is 111 cm³/mol. The summed E-state index contributed by atoms with van der Waals surface area (Å²) in [4.78, 5) is 2.28. The van der Waals surface area contributed by atoms with Gasteiger partial charge in [0.15, 0.2) is 0 Å². The largest absolute Gasteiger partial charge is 0.392 e. The fourth-order valence-corrected chi connectivity index (χ4v) is 3.37. The highest BCUT2D eigenvalue weighted by Crippen LogP contribution is 2.17. The van der Waals surface area contributed by atoms with Crippen molar-refractivity contribution >= 4 is 0 Å². The Balaban J connectivity index is 1.64. The molecule has 0 radical (unpaired) electrons. The summed E-state index contributed by atoms with van der Waals surface area (Å²) in [6, 6.07) is 30.6. The van der Waals surface area contributed by atoms with Crippen molar-refractivity contribution < 1.29 is 5.11 Å². The Morgan fingerprint density at radius 3 is 1.63 bits per heavy atom. The maximum Gasteiger partial charge on any atom is 0.0685 e. The standard InChI is InChI=1S/C24H28N2O/c25-24(22-14-8-3-9-15-22)16-23(27)19-26(17-20-10-4-1-5-11-20)18-21-12-6-2-7-13-21/h1-15,23-24,27H,16-19,25H2/t23-,24?/m1/s1. The summed E-state index contributed by atoms with van der Waals surface area (Å²) in [5.74, 6) is 0. The number of hydrogen-bond acceptors (Lipinski definition) is 3. The quantitative estimate of drug-likeness (QED) is 0.603. The van der Waals surface area contributed by atoms with Crippen molar-refractivity contribution in [2.24, 2.45) is 5.73 Å². The molecule has 0 fully saturated rings. The van der Waals surface area contributed by atoms with Gasteiger partial charge in [-0.2, -0.15) is 0 Å². The van der Waals surface area contributed by atoms with Gasteiger partial charge in [-0.1, -0.05) is 91.0 Å². The van der Waals surface area contributed by atoms with Gasteiger partial charge in [0.05, 0.1) is 6.10 Å². The molecule has 0 aliphatic heterocycles. The second-order valence-electron chi connectivity index (χ2n) is 7.05. The van der Waals surface area contributed by atoms with Crippen molar-refractivity contribution in [1.29, 1.82) is 0 Å². The first kappa shape index (κ1) is 19.3. The van der Waals surface area contributed by atoms with E-state index in [1.165, 1.54) is 11.1 Å². The lowest BCUT2D eigenvalue weighted by Gasteiger charge is -2.27. The van der Waals surface area contributed by atoms with E-state index in [4.69, 9.17) is 5.73 Å². The monoisotopic (exact) mass is 360 g/mol. The molecule has 0 heterocycles. The van der Waals surface area contributed by atoms with Crippen LogP contribution in [-0.4, -0.2) is 22.7 Å². The van der Waals surface area contributed by atoms with Crippen molar-refractivity contribution in [3.05, 3.63) is 108 Å². The summed E-state index contributed by atoms with van der Waals surface area (Å²) < 4.78 is 0. The van der Waals surface area contributed by atoms with Gasteiger partial charge in [0, 0.05) is 25.7 Å². The molecule has 0 spiro atoms. The van der Waals surface area contributed by atoms with Gasteiger partial charge in [-0.05, 0) is 23.1 Å². The summed E-state index contributed by atoms with van der Waals surface area (Å²) in [5, 5.41) is 10.7. The summed E-state index contributed by atoms with van der Waals surface area (Å²) in [6.45, 7) is 2.19.